The van der Waals surface area contributed by atoms with Crippen LogP contribution in [0.5, 0.6) is 0 Å². The highest BCUT2D eigenvalue weighted by Crippen LogP contribution is 2.21. The molecule has 0 fully saturated rings. The monoisotopic (exact) mass is 232 g/mol. The molecule has 0 radical (unpaired) electrons. The summed E-state index contributed by atoms with van der Waals surface area (Å²) in [6.07, 6.45) is 1.37. The molecule has 0 atom stereocenters. The lowest BCUT2D eigenvalue weighted by Gasteiger charge is -2.02. The zero-order chi connectivity index (χ0) is 8.97. The SMILES string of the molecule is OCCCc1cccc(F)c1Br. The van der Waals surface area contributed by atoms with Crippen LogP contribution in [0.4, 0.5) is 4.39 Å². The van der Waals surface area contributed by atoms with E-state index in [2.05, 4.69) is 15.9 Å². The van der Waals surface area contributed by atoms with Crippen LogP contribution in [0.2, 0.25) is 0 Å². The lowest BCUT2D eigenvalue weighted by Crippen LogP contribution is -1.92. The third-order valence-electron chi connectivity index (χ3n) is 1.64. The van der Waals surface area contributed by atoms with E-state index >= 15 is 0 Å². The molecule has 1 rings (SSSR count). The van der Waals surface area contributed by atoms with Gasteiger partial charge in [-0.15, -0.1) is 0 Å². The van der Waals surface area contributed by atoms with Gasteiger partial charge in [0, 0.05) is 6.61 Å². The Kier molecular flexibility index (Phi) is 3.69. The molecule has 0 aliphatic rings. The van der Waals surface area contributed by atoms with Gasteiger partial charge in [-0.2, -0.15) is 0 Å². The van der Waals surface area contributed by atoms with E-state index in [1.54, 1.807) is 6.07 Å². The number of aliphatic hydroxyl groups is 1. The first-order valence-corrected chi connectivity index (χ1v) is 4.58. The predicted octanol–water partition coefficient (Wildman–Crippen LogP) is 2.51. The van der Waals surface area contributed by atoms with Crippen LogP contribution >= 0.6 is 15.9 Å². The van der Waals surface area contributed by atoms with Crippen molar-refractivity contribution in [1.29, 1.82) is 0 Å². The van der Waals surface area contributed by atoms with Gasteiger partial charge >= 0.3 is 0 Å². The first-order chi connectivity index (χ1) is 5.75. The molecule has 0 amide bonds. The van der Waals surface area contributed by atoms with Crippen molar-refractivity contribution in [3.8, 4) is 0 Å². The number of rotatable bonds is 3. The number of hydrogen-bond donors (Lipinski definition) is 1. The maximum Gasteiger partial charge on any atom is 0.137 e. The van der Waals surface area contributed by atoms with E-state index in [1.807, 2.05) is 6.07 Å². The highest BCUT2D eigenvalue weighted by Gasteiger charge is 2.03. The molecule has 3 heteroatoms. The average Bonchev–Trinajstić information content (AvgIpc) is 2.08. The molecule has 0 saturated heterocycles. The van der Waals surface area contributed by atoms with Gasteiger partial charge < -0.3 is 5.11 Å². The van der Waals surface area contributed by atoms with Crippen molar-refractivity contribution in [2.45, 2.75) is 12.8 Å². The Labute approximate surface area is 79.4 Å². The van der Waals surface area contributed by atoms with Gasteiger partial charge in [-0.1, -0.05) is 12.1 Å². The molecule has 0 saturated carbocycles. The minimum absolute atomic E-state index is 0.142. The maximum absolute atomic E-state index is 12.9. The van der Waals surface area contributed by atoms with E-state index in [0.29, 0.717) is 17.3 Å². The summed E-state index contributed by atoms with van der Waals surface area (Å²) in [6.45, 7) is 0.142. The summed E-state index contributed by atoms with van der Waals surface area (Å²) in [6, 6.07) is 4.93. The Morgan fingerprint density at radius 2 is 2.17 bits per heavy atom. The fourth-order valence-electron chi connectivity index (χ4n) is 1.01. The van der Waals surface area contributed by atoms with Gasteiger partial charge in [0.05, 0.1) is 4.47 Å². The molecule has 12 heavy (non-hydrogen) atoms. The first kappa shape index (κ1) is 9.68. The Morgan fingerprint density at radius 1 is 1.42 bits per heavy atom. The van der Waals surface area contributed by atoms with Crippen LogP contribution in [0.3, 0.4) is 0 Å². The highest BCUT2D eigenvalue weighted by atomic mass is 79.9. The van der Waals surface area contributed by atoms with Crippen molar-refractivity contribution in [3.63, 3.8) is 0 Å². The summed E-state index contributed by atoms with van der Waals surface area (Å²) in [7, 11) is 0. The summed E-state index contributed by atoms with van der Waals surface area (Å²) in [5.74, 6) is -0.245. The highest BCUT2D eigenvalue weighted by molar-refractivity contribution is 9.10. The smallest absolute Gasteiger partial charge is 0.137 e. The van der Waals surface area contributed by atoms with Crippen molar-refractivity contribution in [2.75, 3.05) is 6.61 Å². The van der Waals surface area contributed by atoms with Crippen LogP contribution in [0, 0.1) is 5.82 Å². The Morgan fingerprint density at radius 3 is 2.83 bits per heavy atom. The van der Waals surface area contributed by atoms with Gasteiger partial charge in [0.2, 0.25) is 0 Å². The van der Waals surface area contributed by atoms with Crippen molar-refractivity contribution >= 4 is 15.9 Å². The third-order valence-corrected chi connectivity index (χ3v) is 2.52. The van der Waals surface area contributed by atoms with E-state index in [1.165, 1.54) is 6.07 Å². The molecular weight excluding hydrogens is 223 g/mol. The second-order valence-electron chi connectivity index (χ2n) is 2.54. The molecule has 0 unspecified atom stereocenters. The van der Waals surface area contributed by atoms with Gasteiger partial charge in [-0.25, -0.2) is 4.39 Å². The van der Waals surface area contributed by atoms with Crippen molar-refractivity contribution < 1.29 is 9.50 Å². The fraction of sp³-hybridized carbons (Fsp3) is 0.333. The molecule has 1 aromatic carbocycles. The maximum atomic E-state index is 12.9. The van der Waals surface area contributed by atoms with Gasteiger partial charge in [0.25, 0.3) is 0 Å². The van der Waals surface area contributed by atoms with Gasteiger partial charge in [-0.05, 0) is 40.4 Å². The summed E-state index contributed by atoms with van der Waals surface area (Å²) in [4.78, 5) is 0. The lowest BCUT2D eigenvalue weighted by atomic mass is 10.1. The van der Waals surface area contributed by atoms with E-state index in [-0.39, 0.29) is 12.4 Å². The molecule has 0 bridgehead atoms. The van der Waals surface area contributed by atoms with Crippen LogP contribution in [-0.4, -0.2) is 11.7 Å². The number of aryl methyl sites for hydroxylation is 1. The second-order valence-corrected chi connectivity index (χ2v) is 3.33. The van der Waals surface area contributed by atoms with E-state index in [9.17, 15) is 4.39 Å². The van der Waals surface area contributed by atoms with Crippen molar-refractivity contribution in [1.82, 2.24) is 0 Å². The number of benzene rings is 1. The summed E-state index contributed by atoms with van der Waals surface area (Å²) >= 11 is 3.15. The zero-order valence-electron chi connectivity index (χ0n) is 6.56. The molecule has 0 heterocycles. The van der Waals surface area contributed by atoms with E-state index in [4.69, 9.17) is 5.11 Å². The predicted molar refractivity (Wildman–Crippen MR) is 49.5 cm³/mol. The number of aliphatic hydroxyl groups excluding tert-OH is 1. The molecule has 1 N–H and O–H groups in total. The van der Waals surface area contributed by atoms with Gasteiger partial charge in [-0.3, -0.25) is 0 Å². The van der Waals surface area contributed by atoms with Gasteiger partial charge in [0.15, 0.2) is 0 Å². The lowest BCUT2D eigenvalue weighted by molar-refractivity contribution is 0.288. The summed E-state index contributed by atoms with van der Waals surface area (Å²) in [5, 5.41) is 8.58. The zero-order valence-corrected chi connectivity index (χ0v) is 8.14. The van der Waals surface area contributed by atoms with Crippen molar-refractivity contribution in [3.05, 3.63) is 34.1 Å². The molecule has 1 nitrogen and oxygen atoms in total. The molecule has 0 aliphatic carbocycles. The summed E-state index contributed by atoms with van der Waals surface area (Å²) < 4.78 is 13.4. The van der Waals surface area contributed by atoms with Crippen LogP contribution in [0.15, 0.2) is 22.7 Å². The Hall–Kier alpha value is -0.410. The molecule has 0 spiro atoms. The minimum Gasteiger partial charge on any atom is -0.396 e. The fourth-order valence-corrected chi connectivity index (χ4v) is 1.47. The Balaban J connectivity index is 2.78. The molecule has 1 aromatic rings. The van der Waals surface area contributed by atoms with Crippen LogP contribution in [-0.2, 0) is 6.42 Å². The topological polar surface area (TPSA) is 20.2 Å². The molecule has 66 valence electrons. The Bertz CT molecular complexity index is 263. The third kappa shape index (κ3) is 2.29. The van der Waals surface area contributed by atoms with Crippen molar-refractivity contribution in [2.24, 2.45) is 0 Å². The first-order valence-electron chi connectivity index (χ1n) is 3.79. The second kappa shape index (κ2) is 4.58. The minimum atomic E-state index is -0.245. The van der Waals surface area contributed by atoms with Crippen LogP contribution < -0.4 is 0 Å². The quantitative estimate of drug-likeness (QED) is 0.850. The van der Waals surface area contributed by atoms with E-state index in [0.717, 1.165) is 5.56 Å². The number of hydrogen-bond acceptors (Lipinski definition) is 1. The van der Waals surface area contributed by atoms with E-state index < -0.39 is 0 Å². The molecular formula is C9H10BrFO. The van der Waals surface area contributed by atoms with Crippen LogP contribution in [0.25, 0.3) is 0 Å². The average molecular weight is 233 g/mol. The molecule has 0 aliphatic heterocycles. The largest absolute Gasteiger partial charge is 0.396 e. The molecule has 0 aromatic heterocycles. The van der Waals surface area contributed by atoms with Gasteiger partial charge in [0.1, 0.15) is 5.82 Å². The number of halogens is 2. The summed E-state index contributed by atoms with van der Waals surface area (Å²) in [5.41, 5.74) is 0.907. The standard InChI is InChI=1S/C9H10BrFO/c10-9-7(4-2-6-12)3-1-5-8(9)11/h1,3,5,12H,2,4,6H2. The normalized spacial score (nSPS) is 10.2. The van der Waals surface area contributed by atoms with Crippen LogP contribution in [0.1, 0.15) is 12.0 Å².